The van der Waals surface area contributed by atoms with Crippen LogP contribution in [0.2, 0.25) is 0 Å². The largest absolute Gasteiger partial charge is 0.481 e. The van der Waals surface area contributed by atoms with Crippen molar-refractivity contribution in [3.8, 4) is 11.1 Å². The second-order valence-corrected chi connectivity index (χ2v) is 9.70. The number of aliphatic carboxylic acids is 1. The Morgan fingerprint density at radius 1 is 0.943 bits per heavy atom. The quantitative estimate of drug-likeness (QED) is 0.401. The molecule has 0 saturated heterocycles. The number of amides is 2. The molecule has 35 heavy (non-hydrogen) atoms. The number of alkyl carbamates (subject to hydrolysis) is 1. The maximum absolute atomic E-state index is 12.8. The van der Waals surface area contributed by atoms with Gasteiger partial charge in [-0.05, 0) is 47.9 Å². The summed E-state index contributed by atoms with van der Waals surface area (Å²) in [5, 5.41) is 14.7. The highest BCUT2D eigenvalue weighted by molar-refractivity contribution is 5.81. The Kier molecular flexibility index (Phi) is 8.90. The first kappa shape index (κ1) is 26.3. The zero-order valence-corrected chi connectivity index (χ0v) is 20.9. The van der Waals surface area contributed by atoms with E-state index in [2.05, 4.69) is 34.9 Å². The first-order valence-electron chi connectivity index (χ1n) is 12.3. The number of rotatable bonds is 11. The molecule has 2 aromatic carbocycles. The summed E-state index contributed by atoms with van der Waals surface area (Å²) < 4.78 is 5.63. The smallest absolute Gasteiger partial charge is 0.407 e. The van der Waals surface area contributed by atoms with Gasteiger partial charge in [0, 0.05) is 18.5 Å². The predicted molar refractivity (Wildman–Crippen MR) is 135 cm³/mol. The molecule has 0 aromatic heterocycles. The normalized spacial score (nSPS) is 15.0. The van der Waals surface area contributed by atoms with Crippen molar-refractivity contribution in [3.63, 3.8) is 0 Å². The van der Waals surface area contributed by atoms with Gasteiger partial charge in [0.2, 0.25) is 5.91 Å². The molecule has 7 heteroatoms. The molecule has 3 unspecified atom stereocenters. The topological polar surface area (TPSA) is 105 Å². The Balaban J connectivity index is 1.54. The third-order valence-corrected chi connectivity index (χ3v) is 6.78. The number of carboxylic acids is 1. The number of ether oxygens (including phenoxy) is 1. The molecule has 0 fully saturated rings. The maximum atomic E-state index is 12.8. The predicted octanol–water partition coefficient (Wildman–Crippen LogP) is 4.80. The second-order valence-electron chi connectivity index (χ2n) is 9.70. The molecular formula is C28H36N2O5. The van der Waals surface area contributed by atoms with Crippen LogP contribution in [0.5, 0.6) is 0 Å². The van der Waals surface area contributed by atoms with Crippen molar-refractivity contribution in [2.75, 3.05) is 13.2 Å². The average Bonchev–Trinajstić information content (AvgIpc) is 3.13. The van der Waals surface area contributed by atoms with E-state index in [1.54, 1.807) is 13.8 Å². The van der Waals surface area contributed by atoms with Gasteiger partial charge in [0.1, 0.15) is 6.61 Å². The molecule has 0 bridgehead atoms. The fraction of sp³-hybridized carbons (Fsp3) is 0.464. The van der Waals surface area contributed by atoms with Crippen LogP contribution < -0.4 is 10.6 Å². The lowest BCUT2D eigenvalue weighted by Crippen LogP contribution is -2.48. The van der Waals surface area contributed by atoms with Crippen molar-refractivity contribution in [3.05, 3.63) is 59.7 Å². The van der Waals surface area contributed by atoms with E-state index in [1.165, 1.54) is 11.1 Å². The lowest BCUT2D eigenvalue weighted by atomic mass is 9.88. The van der Waals surface area contributed by atoms with E-state index in [-0.39, 0.29) is 24.3 Å². The van der Waals surface area contributed by atoms with Gasteiger partial charge < -0.3 is 20.5 Å². The van der Waals surface area contributed by atoms with Crippen LogP contribution in [0.25, 0.3) is 11.1 Å². The Labute approximate surface area is 207 Å². The Bertz CT molecular complexity index is 1010. The Hall–Kier alpha value is -3.35. The van der Waals surface area contributed by atoms with E-state index in [1.807, 2.05) is 38.1 Å². The van der Waals surface area contributed by atoms with E-state index in [0.717, 1.165) is 11.1 Å². The maximum Gasteiger partial charge on any atom is 0.407 e. The molecule has 0 saturated carbocycles. The SMILES string of the molecule is CC(CCCNC(=O)C(C(C)C)C(C)NC(=O)OCC1c2ccccc2-c2ccccc21)C(=O)O. The summed E-state index contributed by atoms with van der Waals surface area (Å²) in [6.07, 6.45) is 0.529. The van der Waals surface area contributed by atoms with E-state index >= 15 is 0 Å². The number of carboxylic acid groups (broad SMARTS) is 1. The highest BCUT2D eigenvalue weighted by Gasteiger charge is 2.31. The first-order chi connectivity index (χ1) is 16.7. The molecule has 2 aromatic rings. The number of hydrogen-bond donors (Lipinski definition) is 3. The summed E-state index contributed by atoms with van der Waals surface area (Å²) in [5.74, 6) is -1.90. The third kappa shape index (κ3) is 6.41. The summed E-state index contributed by atoms with van der Waals surface area (Å²) in [7, 11) is 0. The van der Waals surface area contributed by atoms with Crippen LogP contribution >= 0.6 is 0 Å². The van der Waals surface area contributed by atoms with Crippen LogP contribution in [-0.4, -0.2) is 42.3 Å². The van der Waals surface area contributed by atoms with Crippen molar-refractivity contribution in [1.29, 1.82) is 0 Å². The number of nitrogens with one attached hydrogen (secondary N) is 2. The van der Waals surface area contributed by atoms with E-state index in [9.17, 15) is 14.4 Å². The zero-order valence-electron chi connectivity index (χ0n) is 20.9. The fourth-order valence-corrected chi connectivity index (χ4v) is 4.88. The number of carbonyl (C=O) groups is 3. The van der Waals surface area contributed by atoms with Crippen LogP contribution in [-0.2, 0) is 14.3 Å². The van der Waals surface area contributed by atoms with Gasteiger partial charge in [-0.15, -0.1) is 0 Å². The molecule has 1 aliphatic carbocycles. The van der Waals surface area contributed by atoms with E-state index < -0.39 is 29.9 Å². The second kappa shape index (κ2) is 11.9. The molecule has 188 valence electrons. The highest BCUT2D eigenvalue weighted by atomic mass is 16.5. The van der Waals surface area contributed by atoms with Gasteiger partial charge in [-0.2, -0.15) is 0 Å². The number of benzene rings is 2. The molecule has 0 heterocycles. The van der Waals surface area contributed by atoms with Gasteiger partial charge in [-0.3, -0.25) is 9.59 Å². The monoisotopic (exact) mass is 480 g/mol. The summed E-state index contributed by atoms with van der Waals surface area (Å²) in [6, 6.07) is 15.9. The van der Waals surface area contributed by atoms with Gasteiger partial charge in [-0.25, -0.2) is 4.79 Å². The first-order valence-corrected chi connectivity index (χ1v) is 12.3. The minimum absolute atomic E-state index is 0.00294. The minimum atomic E-state index is -0.836. The van der Waals surface area contributed by atoms with E-state index in [4.69, 9.17) is 9.84 Å². The van der Waals surface area contributed by atoms with Crippen LogP contribution in [0, 0.1) is 17.8 Å². The average molecular weight is 481 g/mol. The van der Waals surface area contributed by atoms with Crippen LogP contribution in [0.1, 0.15) is 57.6 Å². The molecule has 0 aliphatic heterocycles. The van der Waals surface area contributed by atoms with Gasteiger partial charge in [0.25, 0.3) is 0 Å². The van der Waals surface area contributed by atoms with Gasteiger partial charge in [0.15, 0.2) is 0 Å². The van der Waals surface area contributed by atoms with E-state index in [0.29, 0.717) is 19.4 Å². The van der Waals surface area contributed by atoms with Crippen LogP contribution in [0.15, 0.2) is 48.5 Å². The number of fused-ring (bicyclic) bond motifs is 3. The molecule has 0 radical (unpaired) electrons. The molecule has 1 aliphatic rings. The van der Waals surface area contributed by atoms with Crippen molar-refractivity contribution in [2.45, 2.75) is 52.5 Å². The van der Waals surface area contributed by atoms with Crippen LogP contribution in [0.4, 0.5) is 4.79 Å². The summed E-state index contributed by atoms with van der Waals surface area (Å²) in [6.45, 7) is 7.95. The highest BCUT2D eigenvalue weighted by Crippen LogP contribution is 2.44. The lowest BCUT2D eigenvalue weighted by Gasteiger charge is -2.27. The lowest BCUT2D eigenvalue weighted by molar-refractivity contribution is -0.141. The summed E-state index contributed by atoms with van der Waals surface area (Å²) >= 11 is 0. The van der Waals surface area contributed by atoms with Gasteiger partial charge in [0.05, 0.1) is 11.8 Å². The van der Waals surface area contributed by atoms with Gasteiger partial charge in [-0.1, -0.05) is 69.3 Å². The summed E-state index contributed by atoms with van der Waals surface area (Å²) in [5.41, 5.74) is 4.62. The molecule has 3 N–H and O–H groups in total. The minimum Gasteiger partial charge on any atom is -0.481 e. The van der Waals surface area contributed by atoms with Gasteiger partial charge >= 0.3 is 12.1 Å². The van der Waals surface area contributed by atoms with Crippen LogP contribution in [0.3, 0.4) is 0 Å². The fourth-order valence-electron chi connectivity index (χ4n) is 4.88. The standard InChI is InChI=1S/C28H36N2O5/c1-17(2)25(26(31)29-15-9-10-18(3)27(32)33)19(4)30-28(34)35-16-24-22-13-7-5-11-20(22)21-12-6-8-14-23(21)24/h5-8,11-14,17-19,24-25H,9-10,15-16H2,1-4H3,(H,29,31)(H,30,34)(H,32,33). The molecule has 0 spiro atoms. The van der Waals surface area contributed by atoms with Crippen molar-refractivity contribution in [2.24, 2.45) is 17.8 Å². The molecular weight excluding hydrogens is 444 g/mol. The number of carbonyl (C=O) groups excluding carboxylic acids is 2. The molecule has 3 atom stereocenters. The molecule has 2 amide bonds. The zero-order chi connectivity index (χ0) is 25.5. The Morgan fingerprint density at radius 2 is 1.51 bits per heavy atom. The third-order valence-electron chi connectivity index (χ3n) is 6.78. The van der Waals surface area contributed by atoms with Crippen molar-refractivity contribution >= 4 is 18.0 Å². The molecule has 7 nitrogen and oxygen atoms in total. The number of hydrogen-bond acceptors (Lipinski definition) is 4. The molecule has 3 rings (SSSR count). The Morgan fingerprint density at radius 3 is 2.06 bits per heavy atom. The van der Waals surface area contributed by atoms with Crippen molar-refractivity contribution < 1.29 is 24.2 Å². The van der Waals surface area contributed by atoms with Crippen molar-refractivity contribution in [1.82, 2.24) is 10.6 Å². The summed E-state index contributed by atoms with van der Waals surface area (Å²) in [4.78, 5) is 36.4.